The second-order valence-corrected chi connectivity index (χ2v) is 4.15. The second kappa shape index (κ2) is 5.46. The van der Waals surface area contributed by atoms with Gasteiger partial charge in [-0.05, 0) is 11.1 Å². The van der Waals surface area contributed by atoms with E-state index in [-0.39, 0.29) is 5.91 Å². The molecule has 5 heteroatoms. The van der Waals surface area contributed by atoms with Gasteiger partial charge >= 0.3 is 0 Å². The van der Waals surface area contributed by atoms with Crippen molar-refractivity contribution in [2.24, 2.45) is 12.8 Å². The predicted molar refractivity (Wildman–Crippen MR) is 69.9 cm³/mol. The molecule has 1 amide bonds. The number of aryl methyl sites for hydroxylation is 1. The first kappa shape index (κ1) is 12.3. The Morgan fingerprint density at radius 2 is 2.00 bits per heavy atom. The standard InChI is InChI=1S/C13H16N4O/c1-17-9-12(8-15-17)16-13(18)6-10-2-4-11(7-14)5-3-10/h2-5,8-9H,6-7,14H2,1H3,(H,16,18). The highest BCUT2D eigenvalue weighted by Gasteiger charge is 2.05. The molecule has 0 aliphatic rings. The predicted octanol–water partition coefficient (Wildman–Crippen LogP) is 1.06. The SMILES string of the molecule is Cn1cc(NC(=O)Cc2ccc(CN)cc2)cn1. The third-order valence-electron chi connectivity index (χ3n) is 2.61. The average molecular weight is 244 g/mol. The molecule has 0 radical (unpaired) electrons. The average Bonchev–Trinajstić information content (AvgIpc) is 2.75. The van der Waals surface area contributed by atoms with Gasteiger partial charge in [-0.2, -0.15) is 5.10 Å². The molecule has 0 aliphatic heterocycles. The van der Waals surface area contributed by atoms with Gasteiger partial charge in [0.05, 0.1) is 18.3 Å². The molecular formula is C13H16N4O. The van der Waals surface area contributed by atoms with Crippen molar-refractivity contribution in [2.45, 2.75) is 13.0 Å². The zero-order valence-electron chi connectivity index (χ0n) is 10.3. The molecule has 0 fully saturated rings. The van der Waals surface area contributed by atoms with E-state index in [4.69, 9.17) is 5.73 Å². The Labute approximate surface area is 106 Å². The Hall–Kier alpha value is -2.14. The number of amides is 1. The van der Waals surface area contributed by atoms with Gasteiger partial charge in [-0.15, -0.1) is 0 Å². The zero-order valence-corrected chi connectivity index (χ0v) is 10.3. The molecule has 0 saturated carbocycles. The molecule has 0 saturated heterocycles. The van der Waals surface area contributed by atoms with E-state index in [1.54, 1.807) is 24.1 Å². The van der Waals surface area contributed by atoms with Crippen LogP contribution in [0, 0.1) is 0 Å². The number of carbonyl (C=O) groups is 1. The molecule has 94 valence electrons. The summed E-state index contributed by atoms with van der Waals surface area (Å²) < 4.78 is 1.64. The van der Waals surface area contributed by atoms with Crippen molar-refractivity contribution < 1.29 is 4.79 Å². The number of rotatable bonds is 4. The van der Waals surface area contributed by atoms with Gasteiger partial charge in [-0.1, -0.05) is 24.3 Å². The maximum absolute atomic E-state index is 11.8. The summed E-state index contributed by atoms with van der Waals surface area (Å²) >= 11 is 0. The molecule has 18 heavy (non-hydrogen) atoms. The highest BCUT2D eigenvalue weighted by atomic mass is 16.1. The Morgan fingerprint density at radius 1 is 1.33 bits per heavy atom. The second-order valence-electron chi connectivity index (χ2n) is 4.15. The molecular weight excluding hydrogens is 228 g/mol. The van der Waals surface area contributed by atoms with E-state index in [9.17, 15) is 4.79 Å². The fraction of sp³-hybridized carbons (Fsp3) is 0.231. The minimum absolute atomic E-state index is 0.0523. The summed E-state index contributed by atoms with van der Waals surface area (Å²) in [5, 5.41) is 6.78. The monoisotopic (exact) mass is 244 g/mol. The van der Waals surface area contributed by atoms with Gasteiger partial charge in [0.25, 0.3) is 0 Å². The van der Waals surface area contributed by atoms with Gasteiger partial charge in [0.15, 0.2) is 0 Å². The number of nitrogens with zero attached hydrogens (tertiary/aromatic N) is 2. The minimum atomic E-state index is -0.0523. The van der Waals surface area contributed by atoms with E-state index < -0.39 is 0 Å². The van der Waals surface area contributed by atoms with Crippen molar-refractivity contribution >= 4 is 11.6 Å². The van der Waals surface area contributed by atoms with Gasteiger partial charge in [0.1, 0.15) is 0 Å². The summed E-state index contributed by atoms with van der Waals surface area (Å²) in [6, 6.07) is 7.72. The Bertz CT molecular complexity index is 530. The summed E-state index contributed by atoms with van der Waals surface area (Å²) in [5.41, 5.74) is 8.25. The Morgan fingerprint density at radius 3 is 2.56 bits per heavy atom. The van der Waals surface area contributed by atoms with Crippen LogP contribution in [-0.2, 0) is 24.8 Å². The third-order valence-corrected chi connectivity index (χ3v) is 2.61. The van der Waals surface area contributed by atoms with Crippen molar-refractivity contribution in [3.05, 3.63) is 47.8 Å². The lowest BCUT2D eigenvalue weighted by Gasteiger charge is -2.03. The van der Waals surface area contributed by atoms with Crippen molar-refractivity contribution in [1.29, 1.82) is 0 Å². The third kappa shape index (κ3) is 3.18. The lowest BCUT2D eigenvalue weighted by Crippen LogP contribution is -2.14. The molecule has 0 unspecified atom stereocenters. The van der Waals surface area contributed by atoms with E-state index >= 15 is 0 Å². The van der Waals surface area contributed by atoms with E-state index in [2.05, 4.69) is 10.4 Å². The van der Waals surface area contributed by atoms with E-state index in [1.165, 1.54) is 0 Å². The molecule has 1 aromatic heterocycles. The minimum Gasteiger partial charge on any atom is -0.326 e. The molecule has 5 nitrogen and oxygen atoms in total. The van der Waals surface area contributed by atoms with Crippen LogP contribution in [0.5, 0.6) is 0 Å². The van der Waals surface area contributed by atoms with Crippen LogP contribution in [0.3, 0.4) is 0 Å². The van der Waals surface area contributed by atoms with Crippen molar-refractivity contribution in [3.63, 3.8) is 0 Å². The highest BCUT2D eigenvalue weighted by Crippen LogP contribution is 2.07. The van der Waals surface area contributed by atoms with Gasteiger partial charge in [-0.25, -0.2) is 0 Å². The van der Waals surface area contributed by atoms with Gasteiger partial charge in [0.2, 0.25) is 5.91 Å². The lowest BCUT2D eigenvalue weighted by molar-refractivity contribution is -0.115. The van der Waals surface area contributed by atoms with Gasteiger partial charge in [0, 0.05) is 19.8 Å². The quantitative estimate of drug-likeness (QED) is 0.844. The summed E-state index contributed by atoms with van der Waals surface area (Å²) in [4.78, 5) is 11.8. The molecule has 1 heterocycles. The van der Waals surface area contributed by atoms with Crippen molar-refractivity contribution in [3.8, 4) is 0 Å². The van der Waals surface area contributed by atoms with E-state index in [0.29, 0.717) is 18.7 Å². The van der Waals surface area contributed by atoms with Crippen LogP contribution in [0.2, 0.25) is 0 Å². The van der Waals surface area contributed by atoms with Crippen LogP contribution < -0.4 is 11.1 Å². The normalized spacial score (nSPS) is 10.3. The van der Waals surface area contributed by atoms with Crippen LogP contribution in [-0.4, -0.2) is 15.7 Å². The summed E-state index contributed by atoms with van der Waals surface area (Å²) in [6.07, 6.45) is 3.73. The molecule has 1 aromatic carbocycles. The maximum Gasteiger partial charge on any atom is 0.228 e. The number of hydrogen-bond donors (Lipinski definition) is 2. The van der Waals surface area contributed by atoms with Crippen LogP contribution in [0.15, 0.2) is 36.7 Å². The van der Waals surface area contributed by atoms with Crippen LogP contribution in [0.4, 0.5) is 5.69 Å². The van der Waals surface area contributed by atoms with Gasteiger partial charge in [-0.3, -0.25) is 9.48 Å². The van der Waals surface area contributed by atoms with Crippen molar-refractivity contribution in [1.82, 2.24) is 9.78 Å². The molecule has 0 spiro atoms. The molecule has 0 bridgehead atoms. The molecule has 2 aromatic rings. The Balaban J connectivity index is 1.94. The number of hydrogen-bond acceptors (Lipinski definition) is 3. The number of nitrogens with two attached hydrogens (primary N) is 1. The smallest absolute Gasteiger partial charge is 0.228 e. The van der Waals surface area contributed by atoms with Crippen molar-refractivity contribution in [2.75, 3.05) is 5.32 Å². The number of carbonyl (C=O) groups excluding carboxylic acids is 1. The first-order chi connectivity index (χ1) is 8.67. The van der Waals surface area contributed by atoms with Crippen LogP contribution in [0.1, 0.15) is 11.1 Å². The number of anilines is 1. The zero-order chi connectivity index (χ0) is 13.0. The molecule has 0 aliphatic carbocycles. The van der Waals surface area contributed by atoms with Crippen LogP contribution >= 0.6 is 0 Å². The largest absolute Gasteiger partial charge is 0.326 e. The summed E-state index contributed by atoms with van der Waals surface area (Å²) in [6.45, 7) is 0.516. The van der Waals surface area contributed by atoms with Gasteiger partial charge < -0.3 is 11.1 Å². The first-order valence-electron chi connectivity index (χ1n) is 5.74. The van der Waals surface area contributed by atoms with E-state index in [1.807, 2.05) is 24.3 Å². The number of benzene rings is 1. The number of nitrogens with one attached hydrogen (secondary N) is 1. The summed E-state index contributed by atoms with van der Waals surface area (Å²) in [5.74, 6) is -0.0523. The first-order valence-corrected chi connectivity index (χ1v) is 5.74. The van der Waals surface area contributed by atoms with Crippen LogP contribution in [0.25, 0.3) is 0 Å². The lowest BCUT2D eigenvalue weighted by atomic mass is 10.1. The highest BCUT2D eigenvalue weighted by molar-refractivity contribution is 5.91. The summed E-state index contributed by atoms with van der Waals surface area (Å²) in [7, 11) is 1.81. The topological polar surface area (TPSA) is 72.9 Å². The molecule has 3 N–H and O–H groups in total. The van der Waals surface area contributed by atoms with E-state index in [0.717, 1.165) is 11.1 Å². The fourth-order valence-corrected chi connectivity index (χ4v) is 1.67. The molecule has 0 atom stereocenters. The fourth-order valence-electron chi connectivity index (χ4n) is 1.67. The maximum atomic E-state index is 11.8. The Kier molecular flexibility index (Phi) is 3.74. The number of aromatic nitrogens is 2. The molecule has 2 rings (SSSR count).